The van der Waals surface area contributed by atoms with Gasteiger partial charge in [0, 0.05) is 28.9 Å². The van der Waals surface area contributed by atoms with Crippen LogP contribution in [0.4, 0.5) is 4.39 Å². The Kier molecular flexibility index (Phi) is 4.73. The number of hydrogen-bond acceptors (Lipinski definition) is 4. The van der Waals surface area contributed by atoms with Crippen molar-refractivity contribution in [3.8, 4) is 5.75 Å². The van der Waals surface area contributed by atoms with E-state index in [2.05, 4.69) is 25.9 Å². The molecule has 1 aromatic heterocycles. The molecule has 0 unspecified atom stereocenters. The minimum atomic E-state index is -0.570. The number of aromatic nitrogens is 2. The average Bonchev–Trinajstić information content (AvgIpc) is 2.96. The molecule has 0 aliphatic heterocycles. The molecule has 0 aliphatic rings. The van der Waals surface area contributed by atoms with Gasteiger partial charge < -0.3 is 9.47 Å². The summed E-state index contributed by atoms with van der Waals surface area (Å²) in [6.45, 7) is 6.40. The number of carbonyl (C=O) groups excluding carboxylic acids is 1. The third kappa shape index (κ3) is 3.52. The van der Waals surface area contributed by atoms with Crippen LogP contribution in [0.3, 0.4) is 0 Å². The molecule has 0 radical (unpaired) electrons. The Hall–Kier alpha value is -2.37. The summed E-state index contributed by atoms with van der Waals surface area (Å²) in [6, 6.07) is 4.55. The molecule has 2 aromatic rings. The van der Waals surface area contributed by atoms with Crippen LogP contribution in [0.1, 0.15) is 42.4 Å². The molecular formula is C17H21FN2O3. The molecule has 124 valence electrons. The largest absolute Gasteiger partial charge is 0.496 e. The normalized spacial score (nSPS) is 11.4. The predicted molar refractivity (Wildman–Crippen MR) is 84.3 cm³/mol. The van der Waals surface area contributed by atoms with E-state index >= 15 is 0 Å². The van der Waals surface area contributed by atoms with Crippen LogP contribution in [0.5, 0.6) is 5.75 Å². The molecule has 0 fully saturated rings. The van der Waals surface area contributed by atoms with Gasteiger partial charge in [-0.25, -0.2) is 9.18 Å². The van der Waals surface area contributed by atoms with Crippen LogP contribution in [0, 0.1) is 5.82 Å². The maximum absolute atomic E-state index is 14.3. The van der Waals surface area contributed by atoms with Gasteiger partial charge in [0.15, 0.2) is 0 Å². The van der Waals surface area contributed by atoms with Crippen LogP contribution in [-0.4, -0.2) is 30.0 Å². The molecule has 0 N–H and O–H groups in total. The van der Waals surface area contributed by atoms with Gasteiger partial charge in [-0.15, -0.1) is 0 Å². The molecule has 1 aromatic carbocycles. The molecule has 0 amide bonds. The van der Waals surface area contributed by atoms with E-state index in [9.17, 15) is 9.18 Å². The number of benzene rings is 1. The zero-order valence-corrected chi connectivity index (χ0v) is 14.0. The van der Waals surface area contributed by atoms with Crippen molar-refractivity contribution in [2.75, 3.05) is 14.2 Å². The lowest BCUT2D eigenvalue weighted by Gasteiger charge is -2.20. The van der Waals surface area contributed by atoms with E-state index in [1.807, 2.05) is 6.07 Å². The van der Waals surface area contributed by atoms with Crippen LogP contribution >= 0.6 is 0 Å². The van der Waals surface area contributed by atoms with E-state index in [1.165, 1.54) is 26.4 Å². The molecule has 1 heterocycles. The van der Waals surface area contributed by atoms with E-state index in [4.69, 9.17) is 9.47 Å². The van der Waals surface area contributed by atoms with Gasteiger partial charge in [-0.3, -0.25) is 4.68 Å². The van der Waals surface area contributed by atoms with Crippen molar-refractivity contribution < 1.29 is 18.7 Å². The molecular weight excluding hydrogens is 299 g/mol. The van der Waals surface area contributed by atoms with Crippen LogP contribution in [-0.2, 0) is 16.7 Å². The number of halogens is 1. The van der Waals surface area contributed by atoms with Crippen molar-refractivity contribution in [3.63, 3.8) is 0 Å². The first-order valence-corrected chi connectivity index (χ1v) is 7.25. The van der Waals surface area contributed by atoms with E-state index in [0.717, 1.165) is 5.69 Å². The first-order valence-electron chi connectivity index (χ1n) is 7.25. The second-order valence-electron chi connectivity index (χ2n) is 6.26. The maximum Gasteiger partial charge on any atom is 0.341 e. The molecule has 0 bridgehead atoms. The van der Waals surface area contributed by atoms with Gasteiger partial charge in [0.2, 0.25) is 0 Å². The van der Waals surface area contributed by atoms with E-state index in [1.54, 1.807) is 10.9 Å². The minimum Gasteiger partial charge on any atom is -0.496 e. The zero-order chi connectivity index (χ0) is 17.2. The maximum atomic E-state index is 14.3. The van der Waals surface area contributed by atoms with Crippen molar-refractivity contribution in [2.45, 2.75) is 32.7 Å². The summed E-state index contributed by atoms with van der Waals surface area (Å²) >= 11 is 0. The first kappa shape index (κ1) is 17.0. The van der Waals surface area contributed by atoms with Crippen molar-refractivity contribution in [3.05, 3.63) is 47.0 Å². The Morgan fingerprint density at radius 3 is 2.57 bits per heavy atom. The van der Waals surface area contributed by atoms with Gasteiger partial charge in [0.1, 0.15) is 17.1 Å². The summed E-state index contributed by atoms with van der Waals surface area (Å²) in [5.41, 5.74) is 1.40. The molecule has 23 heavy (non-hydrogen) atoms. The minimum absolute atomic E-state index is 0.120. The van der Waals surface area contributed by atoms with Crippen molar-refractivity contribution in [2.24, 2.45) is 0 Å². The van der Waals surface area contributed by atoms with Crippen molar-refractivity contribution >= 4 is 5.97 Å². The third-order valence-electron chi connectivity index (χ3n) is 3.58. The summed E-state index contributed by atoms with van der Waals surface area (Å²) in [7, 11) is 2.65. The lowest BCUT2D eigenvalue weighted by Crippen LogP contribution is -2.19. The highest BCUT2D eigenvalue weighted by atomic mass is 19.1. The Labute approximate surface area is 135 Å². The fourth-order valence-electron chi connectivity index (χ4n) is 2.42. The fraction of sp³-hybridized carbons (Fsp3) is 0.412. The second-order valence-corrected chi connectivity index (χ2v) is 6.26. The highest BCUT2D eigenvalue weighted by molar-refractivity contribution is 5.92. The summed E-state index contributed by atoms with van der Waals surface area (Å²) in [5, 5.41) is 4.26. The molecule has 0 spiro atoms. The lowest BCUT2D eigenvalue weighted by atomic mass is 9.92. The van der Waals surface area contributed by atoms with Crippen LogP contribution in [0.25, 0.3) is 0 Å². The molecule has 5 nitrogen and oxygen atoms in total. The smallest absolute Gasteiger partial charge is 0.341 e. The molecule has 0 saturated carbocycles. The average molecular weight is 320 g/mol. The molecule has 0 saturated heterocycles. The second kappa shape index (κ2) is 6.40. The van der Waals surface area contributed by atoms with Gasteiger partial charge in [0.05, 0.1) is 20.8 Å². The Morgan fingerprint density at radius 2 is 2.00 bits per heavy atom. The standard InChI is InChI=1S/C17H21FN2O3/c1-17(2,3)15-6-7-19-20(15)10-11-8-12(16(21)23-5)14(22-4)9-13(11)18/h6-9H,10H2,1-5H3. The topological polar surface area (TPSA) is 53.4 Å². The monoisotopic (exact) mass is 320 g/mol. The Morgan fingerprint density at radius 1 is 1.30 bits per heavy atom. The molecule has 6 heteroatoms. The predicted octanol–water partition coefficient (Wildman–Crippen LogP) is 3.16. The molecule has 0 atom stereocenters. The van der Waals surface area contributed by atoms with Crippen molar-refractivity contribution in [1.82, 2.24) is 9.78 Å². The summed E-state index contributed by atoms with van der Waals surface area (Å²) in [6.07, 6.45) is 1.68. The number of methoxy groups -OCH3 is 2. The number of nitrogens with zero attached hydrogens (tertiary/aromatic N) is 2. The van der Waals surface area contributed by atoms with Crippen LogP contribution in [0.2, 0.25) is 0 Å². The molecule has 0 aliphatic carbocycles. The fourth-order valence-corrected chi connectivity index (χ4v) is 2.42. The number of carbonyl (C=O) groups is 1. The zero-order valence-electron chi connectivity index (χ0n) is 14.0. The molecule has 2 rings (SSSR count). The van der Waals surface area contributed by atoms with Gasteiger partial charge in [-0.05, 0) is 12.1 Å². The van der Waals surface area contributed by atoms with E-state index < -0.39 is 11.8 Å². The Balaban J connectivity index is 2.45. The van der Waals surface area contributed by atoms with Gasteiger partial charge >= 0.3 is 5.97 Å². The SMILES string of the molecule is COC(=O)c1cc(Cn2nccc2C(C)(C)C)c(F)cc1OC. The van der Waals surface area contributed by atoms with E-state index in [0.29, 0.717) is 5.56 Å². The first-order chi connectivity index (χ1) is 10.8. The van der Waals surface area contributed by atoms with Gasteiger partial charge in [-0.1, -0.05) is 20.8 Å². The number of esters is 1. The summed E-state index contributed by atoms with van der Waals surface area (Å²) < 4.78 is 25.8. The number of rotatable bonds is 4. The summed E-state index contributed by atoms with van der Waals surface area (Å²) in [4.78, 5) is 11.8. The number of ether oxygens (including phenoxy) is 2. The highest BCUT2D eigenvalue weighted by Gasteiger charge is 2.21. The highest BCUT2D eigenvalue weighted by Crippen LogP contribution is 2.26. The van der Waals surface area contributed by atoms with Crippen LogP contribution < -0.4 is 4.74 Å². The lowest BCUT2D eigenvalue weighted by molar-refractivity contribution is 0.0597. The third-order valence-corrected chi connectivity index (χ3v) is 3.58. The van der Waals surface area contributed by atoms with Gasteiger partial charge in [-0.2, -0.15) is 5.10 Å². The van der Waals surface area contributed by atoms with Gasteiger partial charge in [0.25, 0.3) is 0 Å². The summed E-state index contributed by atoms with van der Waals surface area (Å²) in [5.74, 6) is -0.876. The van der Waals surface area contributed by atoms with Crippen molar-refractivity contribution in [1.29, 1.82) is 0 Å². The quantitative estimate of drug-likeness (QED) is 0.812. The van der Waals surface area contributed by atoms with Crippen LogP contribution in [0.15, 0.2) is 24.4 Å². The van der Waals surface area contributed by atoms with E-state index in [-0.39, 0.29) is 23.3 Å². The Bertz CT molecular complexity index is 717. The number of hydrogen-bond donors (Lipinski definition) is 0.